The SMILES string of the molecule is COc1c([C@@H]2CCCN2C(=O)c2sc(C)nc2C)c(C)nn1C. The average Bonchev–Trinajstić information content (AvgIpc) is 3.15. The van der Waals surface area contributed by atoms with Crippen LogP contribution in [0.2, 0.25) is 0 Å². The van der Waals surface area contributed by atoms with Crippen LogP contribution in [0.25, 0.3) is 0 Å². The zero-order chi connectivity index (χ0) is 16.7. The maximum Gasteiger partial charge on any atom is 0.266 e. The van der Waals surface area contributed by atoms with E-state index in [9.17, 15) is 4.79 Å². The monoisotopic (exact) mass is 334 g/mol. The third-order valence-electron chi connectivity index (χ3n) is 4.35. The van der Waals surface area contributed by atoms with E-state index in [0.29, 0.717) is 0 Å². The van der Waals surface area contributed by atoms with Crippen LogP contribution >= 0.6 is 11.3 Å². The molecule has 6 nitrogen and oxygen atoms in total. The number of carbonyl (C=O) groups is 1. The van der Waals surface area contributed by atoms with Gasteiger partial charge in [-0.3, -0.25) is 4.79 Å². The van der Waals surface area contributed by atoms with Crippen molar-refractivity contribution in [1.29, 1.82) is 0 Å². The van der Waals surface area contributed by atoms with Crippen molar-refractivity contribution >= 4 is 17.2 Å². The van der Waals surface area contributed by atoms with E-state index >= 15 is 0 Å². The molecule has 1 saturated heterocycles. The fourth-order valence-electron chi connectivity index (χ4n) is 3.45. The van der Waals surface area contributed by atoms with Crippen molar-refractivity contribution < 1.29 is 9.53 Å². The third kappa shape index (κ3) is 2.63. The predicted octanol–water partition coefficient (Wildman–Crippen LogP) is 2.79. The quantitative estimate of drug-likeness (QED) is 0.866. The Balaban J connectivity index is 1.98. The van der Waals surface area contributed by atoms with E-state index in [4.69, 9.17) is 4.74 Å². The minimum Gasteiger partial charge on any atom is -0.481 e. The highest BCUT2D eigenvalue weighted by Crippen LogP contribution is 2.40. The summed E-state index contributed by atoms with van der Waals surface area (Å²) in [5.74, 6) is 0.810. The number of likely N-dealkylation sites (tertiary alicyclic amines) is 1. The van der Waals surface area contributed by atoms with Gasteiger partial charge in [-0.05, 0) is 33.6 Å². The minimum absolute atomic E-state index is 0.0213. The van der Waals surface area contributed by atoms with Crippen molar-refractivity contribution in [2.45, 2.75) is 39.7 Å². The first-order chi connectivity index (χ1) is 10.9. The lowest BCUT2D eigenvalue weighted by molar-refractivity contribution is 0.0737. The van der Waals surface area contributed by atoms with Gasteiger partial charge in [0.25, 0.3) is 5.91 Å². The van der Waals surface area contributed by atoms with Crippen molar-refractivity contribution in [3.63, 3.8) is 0 Å². The first kappa shape index (κ1) is 16.0. The van der Waals surface area contributed by atoms with Crippen LogP contribution in [0.3, 0.4) is 0 Å². The highest BCUT2D eigenvalue weighted by molar-refractivity contribution is 7.13. The molecular formula is C16H22N4O2S. The number of hydrogen-bond donors (Lipinski definition) is 0. The molecule has 0 aromatic carbocycles. The van der Waals surface area contributed by atoms with Gasteiger partial charge in [0.05, 0.1) is 35.1 Å². The van der Waals surface area contributed by atoms with Gasteiger partial charge in [0.15, 0.2) is 0 Å². The predicted molar refractivity (Wildman–Crippen MR) is 89.1 cm³/mol. The molecule has 3 heterocycles. The standard InChI is InChI=1S/C16H22N4O2S/c1-9-13(16(22-5)19(4)18-9)12-7-6-8-20(12)15(21)14-10(2)17-11(3)23-14/h12H,6-8H2,1-5H3/t12-/m0/s1. The van der Waals surface area contributed by atoms with Crippen LogP contribution in [0.15, 0.2) is 0 Å². The van der Waals surface area contributed by atoms with Gasteiger partial charge in [0.1, 0.15) is 4.88 Å². The lowest BCUT2D eigenvalue weighted by Gasteiger charge is -2.25. The summed E-state index contributed by atoms with van der Waals surface area (Å²) in [6, 6.07) is 0.0213. The molecule has 0 spiro atoms. The fourth-order valence-corrected chi connectivity index (χ4v) is 4.33. The largest absolute Gasteiger partial charge is 0.481 e. The molecule has 0 saturated carbocycles. The van der Waals surface area contributed by atoms with Crippen LogP contribution < -0.4 is 4.74 Å². The zero-order valence-electron chi connectivity index (χ0n) is 14.2. The van der Waals surface area contributed by atoms with E-state index in [0.717, 1.165) is 52.1 Å². The Bertz CT molecular complexity index is 750. The number of rotatable bonds is 3. The van der Waals surface area contributed by atoms with E-state index in [1.54, 1.807) is 11.8 Å². The molecule has 7 heteroatoms. The Morgan fingerprint density at radius 3 is 2.65 bits per heavy atom. The molecule has 0 bridgehead atoms. The first-order valence-electron chi connectivity index (χ1n) is 7.76. The third-order valence-corrected chi connectivity index (χ3v) is 5.41. The second-order valence-corrected chi connectivity index (χ2v) is 7.14. The van der Waals surface area contributed by atoms with Crippen LogP contribution in [0, 0.1) is 20.8 Å². The molecule has 0 unspecified atom stereocenters. The number of aromatic nitrogens is 3. The topological polar surface area (TPSA) is 60.2 Å². The normalized spacial score (nSPS) is 17.8. The van der Waals surface area contributed by atoms with Gasteiger partial charge >= 0.3 is 0 Å². The van der Waals surface area contributed by atoms with E-state index < -0.39 is 0 Å². The van der Waals surface area contributed by atoms with Gasteiger partial charge in [-0.1, -0.05) is 0 Å². The van der Waals surface area contributed by atoms with Crippen LogP contribution in [-0.4, -0.2) is 39.2 Å². The van der Waals surface area contributed by atoms with E-state index in [-0.39, 0.29) is 11.9 Å². The van der Waals surface area contributed by atoms with Gasteiger partial charge in [-0.15, -0.1) is 11.3 Å². The number of ether oxygens (including phenoxy) is 1. The van der Waals surface area contributed by atoms with Crippen LogP contribution in [0.5, 0.6) is 5.88 Å². The highest BCUT2D eigenvalue weighted by atomic mass is 32.1. The van der Waals surface area contributed by atoms with Crippen molar-refractivity contribution in [1.82, 2.24) is 19.7 Å². The van der Waals surface area contributed by atoms with E-state index in [1.807, 2.05) is 32.7 Å². The number of aryl methyl sites for hydroxylation is 4. The van der Waals surface area contributed by atoms with Gasteiger partial charge in [0, 0.05) is 13.6 Å². The molecule has 1 aliphatic rings. The van der Waals surface area contributed by atoms with Crippen LogP contribution in [-0.2, 0) is 7.05 Å². The lowest BCUT2D eigenvalue weighted by Crippen LogP contribution is -2.30. The molecular weight excluding hydrogens is 312 g/mol. The Labute approximate surface area is 140 Å². The van der Waals surface area contributed by atoms with Crippen LogP contribution in [0.4, 0.5) is 0 Å². The molecule has 0 aliphatic carbocycles. The van der Waals surface area contributed by atoms with Crippen molar-refractivity contribution in [3.8, 4) is 5.88 Å². The second kappa shape index (κ2) is 5.96. The molecule has 0 radical (unpaired) electrons. The zero-order valence-corrected chi connectivity index (χ0v) is 15.0. The number of amides is 1. The van der Waals surface area contributed by atoms with Gasteiger partial charge in [-0.25, -0.2) is 9.67 Å². The number of carbonyl (C=O) groups excluding carboxylic acids is 1. The van der Waals surface area contributed by atoms with E-state index in [1.165, 1.54) is 11.3 Å². The molecule has 3 rings (SSSR count). The summed E-state index contributed by atoms with van der Waals surface area (Å²) < 4.78 is 7.27. The van der Waals surface area contributed by atoms with Gasteiger partial charge in [0.2, 0.25) is 5.88 Å². The fraction of sp³-hybridized carbons (Fsp3) is 0.562. The minimum atomic E-state index is 0.0213. The molecule has 1 atom stereocenters. The maximum absolute atomic E-state index is 13.0. The molecule has 0 N–H and O–H groups in total. The summed E-state index contributed by atoms with van der Waals surface area (Å²) in [5, 5.41) is 5.39. The Kier molecular flexibility index (Phi) is 4.14. The first-order valence-corrected chi connectivity index (χ1v) is 8.58. The number of hydrogen-bond acceptors (Lipinski definition) is 5. The molecule has 2 aromatic heterocycles. The second-order valence-electron chi connectivity index (χ2n) is 5.94. The average molecular weight is 334 g/mol. The summed E-state index contributed by atoms with van der Waals surface area (Å²) in [7, 11) is 3.52. The van der Waals surface area contributed by atoms with Crippen molar-refractivity contribution in [2.24, 2.45) is 7.05 Å². The maximum atomic E-state index is 13.0. The summed E-state index contributed by atoms with van der Waals surface area (Å²) >= 11 is 1.47. The summed E-state index contributed by atoms with van der Waals surface area (Å²) in [6.07, 6.45) is 1.93. The summed E-state index contributed by atoms with van der Waals surface area (Å²) in [6.45, 7) is 6.57. The number of nitrogens with zero attached hydrogens (tertiary/aromatic N) is 4. The molecule has 124 valence electrons. The molecule has 2 aromatic rings. The lowest BCUT2D eigenvalue weighted by atomic mass is 10.0. The number of thiazole rings is 1. The Morgan fingerprint density at radius 2 is 2.04 bits per heavy atom. The highest BCUT2D eigenvalue weighted by Gasteiger charge is 2.36. The summed E-state index contributed by atoms with van der Waals surface area (Å²) in [4.78, 5) is 20.1. The van der Waals surface area contributed by atoms with Crippen molar-refractivity contribution in [2.75, 3.05) is 13.7 Å². The molecule has 23 heavy (non-hydrogen) atoms. The number of methoxy groups -OCH3 is 1. The molecule has 1 aliphatic heterocycles. The van der Waals surface area contributed by atoms with Crippen molar-refractivity contribution in [3.05, 3.63) is 26.8 Å². The summed E-state index contributed by atoms with van der Waals surface area (Å²) in [5.41, 5.74) is 2.77. The molecule has 1 fully saturated rings. The smallest absolute Gasteiger partial charge is 0.266 e. The van der Waals surface area contributed by atoms with Crippen LogP contribution in [0.1, 0.15) is 50.5 Å². The van der Waals surface area contributed by atoms with Gasteiger partial charge < -0.3 is 9.64 Å². The van der Waals surface area contributed by atoms with E-state index in [2.05, 4.69) is 10.1 Å². The Hall–Kier alpha value is -1.89. The Morgan fingerprint density at radius 1 is 1.30 bits per heavy atom. The molecule has 1 amide bonds. The van der Waals surface area contributed by atoms with Gasteiger partial charge in [-0.2, -0.15) is 5.10 Å².